The molecule has 0 fully saturated rings. The molecule has 0 unspecified atom stereocenters. The lowest BCUT2D eigenvalue weighted by Gasteiger charge is -2.12. The molecule has 0 atom stereocenters. The van der Waals surface area contributed by atoms with Crippen LogP contribution in [0.4, 0.5) is 10.1 Å². The summed E-state index contributed by atoms with van der Waals surface area (Å²) in [7, 11) is -4.04. The Morgan fingerprint density at radius 3 is 2.58 bits per heavy atom. The molecule has 3 rings (SSSR count). The van der Waals surface area contributed by atoms with E-state index in [1.165, 1.54) is 30.5 Å². The number of carbonyl (C=O) groups excluding carboxylic acids is 1. The van der Waals surface area contributed by atoms with Gasteiger partial charge in [0.05, 0.1) is 29.0 Å². The van der Waals surface area contributed by atoms with E-state index in [0.29, 0.717) is 5.76 Å². The van der Waals surface area contributed by atoms with Crippen LogP contribution in [0.2, 0.25) is 0 Å². The van der Waals surface area contributed by atoms with Gasteiger partial charge in [0.15, 0.2) is 0 Å². The molecule has 26 heavy (non-hydrogen) atoms. The summed E-state index contributed by atoms with van der Waals surface area (Å²) in [4.78, 5) is 12.2. The molecule has 134 valence electrons. The van der Waals surface area contributed by atoms with Gasteiger partial charge in [0.2, 0.25) is 0 Å². The van der Waals surface area contributed by atoms with Crippen molar-refractivity contribution in [3.05, 3.63) is 84.1 Å². The molecule has 0 spiro atoms. The number of hydrogen-bond donors (Lipinski definition) is 2. The molecule has 0 radical (unpaired) electrons. The number of benzene rings is 2. The molecule has 8 heteroatoms. The number of amides is 1. The van der Waals surface area contributed by atoms with Gasteiger partial charge in [0, 0.05) is 0 Å². The second kappa shape index (κ2) is 7.40. The van der Waals surface area contributed by atoms with E-state index in [0.717, 1.165) is 12.1 Å². The Morgan fingerprint density at radius 2 is 1.85 bits per heavy atom. The van der Waals surface area contributed by atoms with Crippen molar-refractivity contribution >= 4 is 21.6 Å². The first-order chi connectivity index (χ1) is 12.5. The second-order valence-corrected chi connectivity index (χ2v) is 7.05. The van der Waals surface area contributed by atoms with Crippen molar-refractivity contribution in [1.82, 2.24) is 5.32 Å². The van der Waals surface area contributed by atoms with E-state index in [4.69, 9.17) is 4.42 Å². The van der Waals surface area contributed by atoms with Gasteiger partial charge in [-0.15, -0.1) is 0 Å². The Bertz CT molecular complexity index is 1020. The van der Waals surface area contributed by atoms with Gasteiger partial charge in [-0.25, -0.2) is 12.8 Å². The molecule has 0 saturated carbocycles. The largest absolute Gasteiger partial charge is 0.467 e. The predicted molar refractivity (Wildman–Crippen MR) is 93.5 cm³/mol. The highest BCUT2D eigenvalue weighted by Gasteiger charge is 2.19. The van der Waals surface area contributed by atoms with Crippen LogP contribution in [0.5, 0.6) is 0 Å². The monoisotopic (exact) mass is 374 g/mol. The summed E-state index contributed by atoms with van der Waals surface area (Å²) in [5, 5.41) is 2.65. The van der Waals surface area contributed by atoms with E-state index in [2.05, 4.69) is 10.0 Å². The van der Waals surface area contributed by atoms with Crippen LogP contribution in [0.1, 0.15) is 16.1 Å². The minimum absolute atomic E-state index is 0.0914. The summed E-state index contributed by atoms with van der Waals surface area (Å²) in [6, 6.07) is 14.2. The number of para-hydroxylation sites is 1. The van der Waals surface area contributed by atoms with Crippen LogP contribution >= 0.6 is 0 Å². The summed E-state index contributed by atoms with van der Waals surface area (Å²) in [5.74, 6) is -0.576. The molecule has 1 amide bonds. The van der Waals surface area contributed by atoms with Crippen LogP contribution < -0.4 is 10.0 Å². The fourth-order valence-corrected chi connectivity index (χ4v) is 3.39. The Kier molecular flexibility index (Phi) is 5.04. The molecule has 2 aromatic carbocycles. The number of hydrogen-bond acceptors (Lipinski definition) is 4. The number of halogens is 1. The maximum atomic E-state index is 13.3. The minimum atomic E-state index is -4.04. The number of carbonyl (C=O) groups is 1. The van der Waals surface area contributed by atoms with Gasteiger partial charge >= 0.3 is 0 Å². The van der Waals surface area contributed by atoms with Crippen molar-refractivity contribution in [3.63, 3.8) is 0 Å². The van der Waals surface area contributed by atoms with E-state index < -0.39 is 21.7 Å². The Hall–Kier alpha value is -3.13. The number of rotatable bonds is 6. The van der Waals surface area contributed by atoms with Crippen molar-refractivity contribution in [2.45, 2.75) is 11.4 Å². The molecule has 0 aliphatic heterocycles. The highest BCUT2D eigenvalue weighted by Crippen LogP contribution is 2.20. The van der Waals surface area contributed by atoms with Gasteiger partial charge in [0.25, 0.3) is 15.9 Å². The van der Waals surface area contributed by atoms with Crippen molar-refractivity contribution in [2.24, 2.45) is 0 Å². The zero-order chi connectivity index (χ0) is 18.6. The second-order valence-electron chi connectivity index (χ2n) is 5.37. The van der Waals surface area contributed by atoms with Crippen molar-refractivity contribution < 1.29 is 22.0 Å². The fraction of sp³-hybridized carbons (Fsp3) is 0.0556. The molecule has 2 N–H and O–H groups in total. The predicted octanol–water partition coefficient (Wildman–Crippen LogP) is 3.15. The molecule has 0 aliphatic rings. The Morgan fingerprint density at radius 1 is 1.04 bits per heavy atom. The summed E-state index contributed by atoms with van der Waals surface area (Å²) in [6.45, 7) is 0.164. The molecule has 1 aromatic heterocycles. The molecule has 0 bridgehead atoms. The van der Waals surface area contributed by atoms with E-state index in [9.17, 15) is 17.6 Å². The smallest absolute Gasteiger partial charge is 0.262 e. The van der Waals surface area contributed by atoms with Gasteiger partial charge in [-0.2, -0.15) is 0 Å². The minimum Gasteiger partial charge on any atom is -0.467 e. The SMILES string of the molecule is O=C(NCc1ccco1)c1ccccc1NS(=O)(=O)c1cccc(F)c1. The van der Waals surface area contributed by atoms with Gasteiger partial charge in [-0.05, 0) is 42.5 Å². The molecule has 1 heterocycles. The van der Waals surface area contributed by atoms with Crippen LogP contribution in [0.3, 0.4) is 0 Å². The fourth-order valence-electron chi connectivity index (χ4n) is 2.28. The van der Waals surface area contributed by atoms with Crippen LogP contribution in [0.25, 0.3) is 0 Å². The van der Waals surface area contributed by atoms with E-state index >= 15 is 0 Å². The Labute approximate surface area is 149 Å². The zero-order valence-electron chi connectivity index (χ0n) is 13.5. The molecular formula is C18H15FN2O4S. The van der Waals surface area contributed by atoms with E-state index in [1.807, 2.05) is 0 Å². The number of anilines is 1. The summed E-state index contributed by atoms with van der Waals surface area (Å²) < 4.78 is 45.7. The van der Waals surface area contributed by atoms with Crippen molar-refractivity contribution in [1.29, 1.82) is 0 Å². The van der Waals surface area contributed by atoms with E-state index in [-0.39, 0.29) is 22.7 Å². The topological polar surface area (TPSA) is 88.4 Å². The molecule has 6 nitrogen and oxygen atoms in total. The summed E-state index contributed by atoms with van der Waals surface area (Å²) in [6.07, 6.45) is 1.49. The van der Waals surface area contributed by atoms with Crippen molar-refractivity contribution in [3.8, 4) is 0 Å². The lowest BCUT2D eigenvalue weighted by atomic mass is 10.1. The quantitative estimate of drug-likeness (QED) is 0.694. The van der Waals surface area contributed by atoms with Crippen LogP contribution in [-0.4, -0.2) is 14.3 Å². The van der Waals surface area contributed by atoms with Gasteiger partial charge in [0.1, 0.15) is 11.6 Å². The maximum absolute atomic E-state index is 13.3. The third kappa shape index (κ3) is 4.09. The third-order valence-electron chi connectivity index (χ3n) is 3.53. The third-order valence-corrected chi connectivity index (χ3v) is 4.89. The highest BCUT2D eigenvalue weighted by atomic mass is 32.2. The van der Waals surface area contributed by atoms with Crippen LogP contribution in [0, 0.1) is 5.82 Å². The average molecular weight is 374 g/mol. The number of sulfonamides is 1. The van der Waals surface area contributed by atoms with Crippen molar-refractivity contribution in [2.75, 3.05) is 4.72 Å². The summed E-state index contributed by atoms with van der Waals surface area (Å²) >= 11 is 0. The van der Waals surface area contributed by atoms with Gasteiger partial charge < -0.3 is 9.73 Å². The molecule has 3 aromatic rings. The maximum Gasteiger partial charge on any atom is 0.262 e. The highest BCUT2D eigenvalue weighted by molar-refractivity contribution is 7.92. The zero-order valence-corrected chi connectivity index (χ0v) is 14.3. The van der Waals surface area contributed by atoms with Crippen LogP contribution in [0.15, 0.2) is 76.2 Å². The normalized spacial score (nSPS) is 11.1. The Balaban J connectivity index is 1.81. The number of furan rings is 1. The molecular weight excluding hydrogens is 359 g/mol. The van der Waals surface area contributed by atoms with Gasteiger partial charge in [-0.1, -0.05) is 18.2 Å². The summed E-state index contributed by atoms with van der Waals surface area (Å²) in [5.41, 5.74) is 0.229. The lowest BCUT2D eigenvalue weighted by molar-refractivity contribution is 0.0949. The first-order valence-corrected chi connectivity index (χ1v) is 9.12. The molecule has 0 aliphatic carbocycles. The lowest BCUT2D eigenvalue weighted by Crippen LogP contribution is -2.24. The van der Waals surface area contributed by atoms with E-state index in [1.54, 1.807) is 24.3 Å². The first-order valence-electron chi connectivity index (χ1n) is 7.64. The first kappa shape index (κ1) is 17.7. The van der Waals surface area contributed by atoms with Gasteiger partial charge in [-0.3, -0.25) is 9.52 Å². The van der Waals surface area contributed by atoms with Crippen LogP contribution in [-0.2, 0) is 16.6 Å². The standard InChI is InChI=1S/C18H15FN2O4S/c19-13-5-3-7-15(11-13)26(23,24)21-17-9-2-1-8-16(17)18(22)20-12-14-6-4-10-25-14/h1-11,21H,12H2,(H,20,22). The number of nitrogens with one attached hydrogen (secondary N) is 2. The average Bonchev–Trinajstić information content (AvgIpc) is 3.13. The molecule has 0 saturated heterocycles.